The molecule has 0 saturated carbocycles. The van der Waals surface area contributed by atoms with Crippen molar-refractivity contribution in [2.45, 2.75) is 12.8 Å². The minimum atomic E-state index is 0.250. The first-order valence-electron chi connectivity index (χ1n) is 5.67. The van der Waals surface area contributed by atoms with Crippen molar-refractivity contribution < 1.29 is 0 Å². The molecular formula is C14H13N3. The van der Waals surface area contributed by atoms with E-state index in [-0.39, 0.29) is 5.92 Å². The number of pyridine rings is 1. The molecule has 0 saturated heterocycles. The molecule has 1 aromatic carbocycles. The van der Waals surface area contributed by atoms with Crippen LogP contribution in [0.25, 0.3) is 10.8 Å². The van der Waals surface area contributed by atoms with E-state index in [2.05, 4.69) is 40.1 Å². The minimum absolute atomic E-state index is 0.250. The van der Waals surface area contributed by atoms with E-state index in [0.29, 0.717) is 0 Å². The molecule has 0 spiro atoms. The highest BCUT2D eigenvalue weighted by Crippen LogP contribution is 2.28. The average molecular weight is 223 g/mol. The van der Waals surface area contributed by atoms with Gasteiger partial charge >= 0.3 is 0 Å². The summed E-state index contributed by atoms with van der Waals surface area (Å²) in [6.45, 7) is 2.15. The fourth-order valence-corrected chi connectivity index (χ4v) is 2.15. The number of rotatable bonds is 2. The van der Waals surface area contributed by atoms with Gasteiger partial charge in [0.2, 0.25) is 0 Å². The Balaban J connectivity index is 2.17. The maximum atomic E-state index is 4.32. The second-order valence-corrected chi connectivity index (χ2v) is 4.17. The van der Waals surface area contributed by atoms with Crippen molar-refractivity contribution in [3.05, 3.63) is 60.4 Å². The second kappa shape index (κ2) is 4.01. The van der Waals surface area contributed by atoms with Gasteiger partial charge in [-0.3, -0.25) is 4.98 Å². The SMILES string of the molecule is CC(c1c[nH]cn1)c1cncc2ccccc12. The molecule has 3 nitrogen and oxygen atoms in total. The van der Waals surface area contributed by atoms with E-state index in [1.54, 1.807) is 6.33 Å². The molecule has 3 rings (SSSR count). The van der Waals surface area contributed by atoms with Crippen molar-refractivity contribution in [1.29, 1.82) is 0 Å². The first-order valence-corrected chi connectivity index (χ1v) is 5.67. The summed E-state index contributed by atoms with van der Waals surface area (Å²) < 4.78 is 0. The van der Waals surface area contributed by atoms with Crippen molar-refractivity contribution in [3.8, 4) is 0 Å². The van der Waals surface area contributed by atoms with Gasteiger partial charge in [0, 0.05) is 29.9 Å². The van der Waals surface area contributed by atoms with Crippen LogP contribution in [0.5, 0.6) is 0 Å². The number of imidazole rings is 1. The molecule has 2 heterocycles. The van der Waals surface area contributed by atoms with E-state index in [1.807, 2.05) is 24.7 Å². The Kier molecular flexibility index (Phi) is 2.37. The molecule has 17 heavy (non-hydrogen) atoms. The van der Waals surface area contributed by atoms with Crippen LogP contribution < -0.4 is 0 Å². The minimum Gasteiger partial charge on any atom is -0.351 e. The maximum absolute atomic E-state index is 4.32. The predicted octanol–water partition coefficient (Wildman–Crippen LogP) is 3.11. The Hall–Kier alpha value is -2.16. The van der Waals surface area contributed by atoms with E-state index in [9.17, 15) is 0 Å². The van der Waals surface area contributed by atoms with Crippen molar-refractivity contribution in [2.75, 3.05) is 0 Å². The summed E-state index contributed by atoms with van der Waals surface area (Å²) in [6, 6.07) is 8.31. The molecule has 1 unspecified atom stereocenters. The molecule has 1 atom stereocenters. The van der Waals surface area contributed by atoms with Gasteiger partial charge in [0.25, 0.3) is 0 Å². The number of benzene rings is 1. The molecule has 0 radical (unpaired) electrons. The zero-order chi connectivity index (χ0) is 11.7. The zero-order valence-electron chi connectivity index (χ0n) is 9.59. The lowest BCUT2D eigenvalue weighted by Gasteiger charge is -2.11. The number of H-pyrrole nitrogens is 1. The molecule has 0 aliphatic rings. The molecular weight excluding hydrogens is 210 g/mol. The summed E-state index contributed by atoms with van der Waals surface area (Å²) in [7, 11) is 0. The summed E-state index contributed by atoms with van der Waals surface area (Å²) in [5.74, 6) is 0.250. The number of aromatic amines is 1. The number of hydrogen-bond acceptors (Lipinski definition) is 2. The lowest BCUT2D eigenvalue weighted by Crippen LogP contribution is -1.98. The largest absolute Gasteiger partial charge is 0.351 e. The van der Waals surface area contributed by atoms with Crippen LogP contribution in [0.1, 0.15) is 24.1 Å². The van der Waals surface area contributed by atoms with Crippen LogP contribution in [0.3, 0.4) is 0 Å². The second-order valence-electron chi connectivity index (χ2n) is 4.17. The Labute approximate surface area is 99.5 Å². The van der Waals surface area contributed by atoms with Crippen molar-refractivity contribution in [3.63, 3.8) is 0 Å². The zero-order valence-corrected chi connectivity index (χ0v) is 9.59. The smallest absolute Gasteiger partial charge is 0.0923 e. The third-order valence-electron chi connectivity index (χ3n) is 3.13. The van der Waals surface area contributed by atoms with Gasteiger partial charge < -0.3 is 4.98 Å². The average Bonchev–Trinajstić information content (AvgIpc) is 2.91. The molecule has 84 valence electrons. The first kappa shape index (κ1) is 10.0. The van der Waals surface area contributed by atoms with Gasteiger partial charge in [0.1, 0.15) is 0 Å². The maximum Gasteiger partial charge on any atom is 0.0923 e. The highest BCUT2D eigenvalue weighted by atomic mass is 14.9. The number of nitrogens with zero attached hydrogens (tertiary/aromatic N) is 2. The first-order chi connectivity index (χ1) is 8.36. The molecule has 3 heteroatoms. The fourth-order valence-electron chi connectivity index (χ4n) is 2.15. The predicted molar refractivity (Wildman–Crippen MR) is 67.8 cm³/mol. The van der Waals surface area contributed by atoms with E-state index in [0.717, 1.165) is 5.69 Å². The normalized spacial score (nSPS) is 12.8. The number of fused-ring (bicyclic) bond motifs is 1. The molecule has 0 amide bonds. The van der Waals surface area contributed by atoms with Gasteiger partial charge in [-0.25, -0.2) is 4.98 Å². The van der Waals surface area contributed by atoms with Crippen LogP contribution in [-0.2, 0) is 0 Å². The third kappa shape index (κ3) is 1.69. The van der Waals surface area contributed by atoms with Crippen LogP contribution in [0.4, 0.5) is 0 Å². The van der Waals surface area contributed by atoms with E-state index in [1.165, 1.54) is 16.3 Å². The third-order valence-corrected chi connectivity index (χ3v) is 3.13. The Morgan fingerprint density at radius 1 is 1.18 bits per heavy atom. The fraction of sp³-hybridized carbons (Fsp3) is 0.143. The van der Waals surface area contributed by atoms with Gasteiger partial charge in [-0.05, 0) is 10.9 Å². The molecule has 1 N–H and O–H groups in total. The highest BCUT2D eigenvalue weighted by molar-refractivity contribution is 5.85. The van der Waals surface area contributed by atoms with E-state index < -0.39 is 0 Å². The van der Waals surface area contributed by atoms with Gasteiger partial charge in [-0.2, -0.15) is 0 Å². The summed E-state index contributed by atoms with van der Waals surface area (Å²) in [6.07, 6.45) is 7.48. The van der Waals surface area contributed by atoms with Crippen molar-refractivity contribution in [1.82, 2.24) is 15.0 Å². The summed E-state index contributed by atoms with van der Waals surface area (Å²) in [5.41, 5.74) is 2.26. The van der Waals surface area contributed by atoms with Crippen molar-refractivity contribution in [2.24, 2.45) is 0 Å². The van der Waals surface area contributed by atoms with Gasteiger partial charge in [-0.15, -0.1) is 0 Å². The molecule has 0 aliphatic heterocycles. The molecule has 0 fully saturated rings. The molecule has 0 aliphatic carbocycles. The van der Waals surface area contributed by atoms with Gasteiger partial charge in [0.05, 0.1) is 12.0 Å². The topological polar surface area (TPSA) is 41.6 Å². The number of hydrogen-bond donors (Lipinski definition) is 1. The number of aromatic nitrogens is 3. The summed E-state index contributed by atoms with van der Waals surface area (Å²) in [5, 5.41) is 2.42. The van der Waals surface area contributed by atoms with Crippen LogP contribution in [0, 0.1) is 0 Å². The molecule has 0 bridgehead atoms. The molecule has 2 aromatic heterocycles. The Morgan fingerprint density at radius 3 is 2.88 bits per heavy atom. The lowest BCUT2D eigenvalue weighted by molar-refractivity contribution is 0.885. The van der Waals surface area contributed by atoms with E-state index in [4.69, 9.17) is 0 Å². The van der Waals surface area contributed by atoms with Crippen molar-refractivity contribution >= 4 is 10.8 Å². The van der Waals surface area contributed by atoms with Gasteiger partial charge in [-0.1, -0.05) is 31.2 Å². The van der Waals surface area contributed by atoms with Crippen LogP contribution in [0.15, 0.2) is 49.2 Å². The Morgan fingerprint density at radius 2 is 2.06 bits per heavy atom. The lowest BCUT2D eigenvalue weighted by atomic mass is 9.95. The summed E-state index contributed by atoms with van der Waals surface area (Å²) in [4.78, 5) is 11.6. The number of nitrogens with one attached hydrogen (secondary N) is 1. The van der Waals surface area contributed by atoms with Crippen LogP contribution in [-0.4, -0.2) is 15.0 Å². The summed E-state index contributed by atoms with van der Waals surface area (Å²) >= 11 is 0. The van der Waals surface area contributed by atoms with Gasteiger partial charge in [0.15, 0.2) is 0 Å². The highest BCUT2D eigenvalue weighted by Gasteiger charge is 2.13. The quantitative estimate of drug-likeness (QED) is 0.725. The monoisotopic (exact) mass is 223 g/mol. The standard InChI is InChI=1S/C14H13N3/c1-10(14-8-16-9-17-14)13-7-15-6-11-4-2-3-5-12(11)13/h2-10H,1H3,(H,16,17). The van der Waals surface area contributed by atoms with Crippen LogP contribution in [0.2, 0.25) is 0 Å². The van der Waals surface area contributed by atoms with Crippen LogP contribution >= 0.6 is 0 Å². The molecule has 3 aromatic rings. The van der Waals surface area contributed by atoms with E-state index >= 15 is 0 Å². The Bertz CT molecular complexity index is 624.